The van der Waals surface area contributed by atoms with Gasteiger partial charge in [-0.3, -0.25) is 0 Å². The van der Waals surface area contributed by atoms with Crippen LogP contribution in [0.25, 0.3) is 5.69 Å². The van der Waals surface area contributed by atoms with E-state index in [1.54, 1.807) is 0 Å². The first-order chi connectivity index (χ1) is 9.40. The molecule has 0 bridgehead atoms. The van der Waals surface area contributed by atoms with Crippen LogP contribution in [0.5, 0.6) is 0 Å². The van der Waals surface area contributed by atoms with Crippen LogP contribution in [0.15, 0.2) is 29.4 Å². The zero-order valence-electron chi connectivity index (χ0n) is 13.2. The first kappa shape index (κ1) is 14.4. The fourth-order valence-corrected chi connectivity index (χ4v) is 2.36. The molecule has 0 unspecified atom stereocenters. The zero-order valence-corrected chi connectivity index (χ0v) is 13.2. The second-order valence-corrected chi connectivity index (χ2v) is 5.52. The van der Waals surface area contributed by atoms with Crippen LogP contribution in [0.3, 0.4) is 0 Å². The first-order valence-electron chi connectivity index (χ1n) is 6.88. The lowest BCUT2D eigenvalue weighted by Crippen LogP contribution is -2.03. The van der Waals surface area contributed by atoms with E-state index in [0.29, 0.717) is 0 Å². The van der Waals surface area contributed by atoms with Gasteiger partial charge in [-0.05, 0) is 57.0 Å². The van der Waals surface area contributed by atoms with E-state index in [9.17, 15) is 0 Å². The number of aromatic nitrogens is 1. The van der Waals surface area contributed by atoms with E-state index >= 15 is 0 Å². The van der Waals surface area contributed by atoms with Gasteiger partial charge in [0.25, 0.3) is 0 Å². The lowest BCUT2D eigenvalue weighted by molar-refractivity contribution is 0.440. The fraction of sp³-hybridized carbons (Fsp3) is 0.353. The summed E-state index contributed by atoms with van der Waals surface area (Å²) in [5.74, 6) is 0. The maximum absolute atomic E-state index is 4.33. The van der Waals surface area contributed by atoms with Crippen LogP contribution >= 0.6 is 0 Å². The molecule has 0 radical (unpaired) electrons. The van der Waals surface area contributed by atoms with Gasteiger partial charge in [0.2, 0.25) is 0 Å². The van der Waals surface area contributed by atoms with Crippen molar-refractivity contribution in [1.82, 2.24) is 9.58 Å². The molecule has 0 spiro atoms. The van der Waals surface area contributed by atoms with E-state index in [4.69, 9.17) is 0 Å². The number of hydrogen-bond acceptors (Lipinski definition) is 2. The summed E-state index contributed by atoms with van der Waals surface area (Å²) in [6.45, 7) is 8.57. The van der Waals surface area contributed by atoms with Crippen molar-refractivity contribution >= 4 is 6.21 Å². The quantitative estimate of drug-likeness (QED) is 0.616. The van der Waals surface area contributed by atoms with Crippen molar-refractivity contribution in [3.05, 3.63) is 52.3 Å². The average molecular weight is 269 g/mol. The third-order valence-corrected chi connectivity index (χ3v) is 3.65. The van der Waals surface area contributed by atoms with Gasteiger partial charge in [0, 0.05) is 36.7 Å². The van der Waals surface area contributed by atoms with Gasteiger partial charge in [-0.1, -0.05) is 6.07 Å². The lowest BCUT2D eigenvalue weighted by atomic mass is 10.1. The number of rotatable bonds is 3. The van der Waals surface area contributed by atoms with Crippen molar-refractivity contribution < 1.29 is 0 Å². The van der Waals surface area contributed by atoms with Gasteiger partial charge >= 0.3 is 0 Å². The molecule has 0 saturated heterocycles. The molecule has 0 saturated carbocycles. The molecule has 0 atom stereocenters. The van der Waals surface area contributed by atoms with E-state index in [2.05, 4.69) is 61.6 Å². The van der Waals surface area contributed by atoms with Gasteiger partial charge in [-0.15, -0.1) is 0 Å². The molecule has 2 aromatic rings. The van der Waals surface area contributed by atoms with E-state index in [1.807, 2.05) is 25.3 Å². The second kappa shape index (κ2) is 5.53. The smallest absolute Gasteiger partial charge is 0.0560 e. The standard InChI is InChI=1S/C17H23N3/c1-12-7-8-17(9-13(12)2)20-14(3)10-16(15(20)4)11-18-19(5)6/h7-11H,1-6H3. The van der Waals surface area contributed by atoms with E-state index in [1.165, 1.54) is 28.2 Å². The SMILES string of the molecule is Cc1ccc(-n2c(C)cc(C=NN(C)C)c2C)cc1C. The highest BCUT2D eigenvalue weighted by atomic mass is 15.4. The van der Waals surface area contributed by atoms with Gasteiger partial charge in [-0.25, -0.2) is 0 Å². The van der Waals surface area contributed by atoms with Crippen molar-refractivity contribution in [1.29, 1.82) is 0 Å². The molecule has 0 aliphatic rings. The van der Waals surface area contributed by atoms with Crippen LogP contribution in [-0.4, -0.2) is 29.9 Å². The first-order valence-corrected chi connectivity index (χ1v) is 6.88. The third kappa shape index (κ3) is 2.77. The molecule has 1 aromatic heterocycles. The van der Waals surface area contributed by atoms with Crippen molar-refractivity contribution in [2.75, 3.05) is 14.1 Å². The summed E-state index contributed by atoms with van der Waals surface area (Å²) in [6.07, 6.45) is 1.92. The normalized spacial score (nSPS) is 11.3. The van der Waals surface area contributed by atoms with Gasteiger partial charge in [-0.2, -0.15) is 5.10 Å². The topological polar surface area (TPSA) is 20.5 Å². The van der Waals surface area contributed by atoms with Crippen molar-refractivity contribution in [2.45, 2.75) is 27.7 Å². The zero-order chi connectivity index (χ0) is 14.9. The molecule has 1 heterocycles. The monoisotopic (exact) mass is 269 g/mol. The third-order valence-electron chi connectivity index (χ3n) is 3.65. The second-order valence-electron chi connectivity index (χ2n) is 5.52. The van der Waals surface area contributed by atoms with Crippen LogP contribution in [0.2, 0.25) is 0 Å². The Morgan fingerprint density at radius 3 is 2.30 bits per heavy atom. The minimum absolute atomic E-state index is 1.16. The lowest BCUT2D eigenvalue weighted by Gasteiger charge is -2.11. The van der Waals surface area contributed by atoms with Crippen LogP contribution in [-0.2, 0) is 0 Å². The highest BCUT2D eigenvalue weighted by Gasteiger charge is 2.10. The van der Waals surface area contributed by atoms with Gasteiger partial charge < -0.3 is 9.58 Å². The number of benzene rings is 1. The van der Waals surface area contributed by atoms with E-state index < -0.39 is 0 Å². The molecule has 3 nitrogen and oxygen atoms in total. The summed E-state index contributed by atoms with van der Waals surface area (Å²) in [6, 6.07) is 8.77. The summed E-state index contributed by atoms with van der Waals surface area (Å²) >= 11 is 0. The minimum atomic E-state index is 1.16. The van der Waals surface area contributed by atoms with Crippen molar-refractivity contribution in [2.24, 2.45) is 5.10 Å². The Kier molecular flexibility index (Phi) is 3.98. The molecule has 20 heavy (non-hydrogen) atoms. The number of hydrazone groups is 1. The van der Waals surface area contributed by atoms with Gasteiger partial charge in [0.05, 0.1) is 6.21 Å². The van der Waals surface area contributed by atoms with Crippen LogP contribution in [0.1, 0.15) is 28.1 Å². The minimum Gasteiger partial charge on any atom is -0.318 e. The molecule has 1 aromatic carbocycles. The van der Waals surface area contributed by atoms with Crippen molar-refractivity contribution in [3.8, 4) is 5.69 Å². The van der Waals surface area contributed by atoms with Gasteiger partial charge in [0.15, 0.2) is 0 Å². The molecule has 0 fully saturated rings. The predicted octanol–water partition coefficient (Wildman–Crippen LogP) is 3.61. The summed E-state index contributed by atoms with van der Waals surface area (Å²) in [5.41, 5.74) is 7.47. The van der Waals surface area contributed by atoms with Crippen molar-refractivity contribution in [3.63, 3.8) is 0 Å². The van der Waals surface area contributed by atoms with Gasteiger partial charge in [0.1, 0.15) is 0 Å². The van der Waals surface area contributed by atoms with Crippen LogP contribution < -0.4 is 0 Å². The Bertz CT molecular complexity index is 648. The molecule has 0 amide bonds. The Hall–Kier alpha value is -2.03. The summed E-state index contributed by atoms with van der Waals surface area (Å²) in [4.78, 5) is 0. The largest absolute Gasteiger partial charge is 0.318 e. The molecular formula is C17H23N3. The molecule has 0 N–H and O–H groups in total. The maximum atomic E-state index is 4.33. The Morgan fingerprint density at radius 1 is 1.00 bits per heavy atom. The van der Waals surface area contributed by atoms with Crippen LogP contribution in [0, 0.1) is 27.7 Å². The Balaban J connectivity index is 2.49. The molecule has 106 valence electrons. The Morgan fingerprint density at radius 2 is 1.70 bits per heavy atom. The molecule has 0 aliphatic heterocycles. The highest BCUT2D eigenvalue weighted by Crippen LogP contribution is 2.21. The molecule has 3 heteroatoms. The van der Waals surface area contributed by atoms with E-state index in [0.717, 1.165) is 5.56 Å². The summed E-state index contributed by atoms with van der Waals surface area (Å²) in [5, 5.41) is 6.14. The number of aryl methyl sites for hydroxylation is 3. The average Bonchev–Trinajstić information content (AvgIpc) is 2.65. The molecule has 0 aliphatic carbocycles. The summed E-state index contributed by atoms with van der Waals surface area (Å²) in [7, 11) is 3.86. The highest BCUT2D eigenvalue weighted by molar-refractivity contribution is 5.82. The number of hydrogen-bond donors (Lipinski definition) is 0. The molecule has 2 rings (SSSR count). The molecular weight excluding hydrogens is 246 g/mol. The maximum Gasteiger partial charge on any atom is 0.0560 e. The van der Waals surface area contributed by atoms with Crippen LogP contribution in [0.4, 0.5) is 0 Å². The number of nitrogens with zero attached hydrogens (tertiary/aromatic N) is 3. The Labute approximate surface area is 121 Å². The fourth-order valence-electron chi connectivity index (χ4n) is 2.36. The summed E-state index contributed by atoms with van der Waals surface area (Å²) < 4.78 is 2.28. The van der Waals surface area contributed by atoms with E-state index in [-0.39, 0.29) is 0 Å². The predicted molar refractivity (Wildman–Crippen MR) is 86.0 cm³/mol.